The molecule has 0 aliphatic carbocycles. The number of ether oxygens (including phenoxy) is 2. The van der Waals surface area contributed by atoms with Crippen molar-refractivity contribution in [1.29, 1.82) is 0 Å². The summed E-state index contributed by atoms with van der Waals surface area (Å²) in [5, 5.41) is 7.96. The second kappa shape index (κ2) is 7.13. The first-order chi connectivity index (χ1) is 10.2. The third-order valence-electron chi connectivity index (χ3n) is 3.44. The molecule has 5 heteroatoms. The number of hydrogen-bond donors (Lipinski definition) is 1. The minimum Gasteiger partial charge on any atom is -0.493 e. The predicted molar refractivity (Wildman–Crippen MR) is 82.9 cm³/mol. The lowest BCUT2D eigenvalue weighted by Crippen LogP contribution is -2.24. The van der Waals surface area contributed by atoms with E-state index in [1.165, 1.54) is 0 Å². The SMILES string of the molecule is CCNC(Cc1ccn(C)n1)c1cccc(OC)c1OC. The lowest BCUT2D eigenvalue weighted by Gasteiger charge is -2.21. The summed E-state index contributed by atoms with van der Waals surface area (Å²) in [6, 6.07) is 8.13. The number of hydrogen-bond acceptors (Lipinski definition) is 4. The number of benzene rings is 1. The largest absolute Gasteiger partial charge is 0.493 e. The number of nitrogens with one attached hydrogen (secondary N) is 1. The van der Waals surface area contributed by atoms with Gasteiger partial charge in [0.1, 0.15) is 0 Å². The fraction of sp³-hybridized carbons (Fsp3) is 0.438. The molecule has 2 rings (SSSR count). The molecule has 0 fully saturated rings. The normalized spacial score (nSPS) is 12.2. The monoisotopic (exact) mass is 289 g/mol. The molecule has 1 aromatic heterocycles. The Morgan fingerprint density at radius 2 is 2.05 bits per heavy atom. The molecule has 0 aliphatic rings. The number of nitrogens with zero attached hydrogens (tertiary/aromatic N) is 2. The molecule has 0 saturated heterocycles. The van der Waals surface area contributed by atoms with Crippen LogP contribution in [0, 0.1) is 0 Å². The highest BCUT2D eigenvalue weighted by Gasteiger charge is 2.19. The number of aryl methyl sites for hydroxylation is 1. The van der Waals surface area contributed by atoms with Crippen molar-refractivity contribution in [2.45, 2.75) is 19.4 Å². The van der Waals surface area contributed by atoms with Gasteiger partial charge >= 0.3 is 0 Å². The van der Waals surface area contributed by atoms with Gasteiger partial charge in [0.05, 0.1) is 19.9 Å². The summed E-state index contributed by atoms with van der Waals surface area (Å²) >= 11 is 0. The van der Waals surface area contributed by atoms with E-state index in [2.05, 4.69) is 23.4 Å². The summed E-state index contributed by atoms with van der Waals surface area (Å²) < 4.78 is 12.8. The van der Waals surface area contributed by atoms with E-state index in [4.69, 9.17) is 9.47 Å². The lowest BCUT2D eigenvalue weighted by atomic mass is 10.0. The number of para-hydroxylation sites is 1. The van der Waals surface area contributed by atoms with Crippen molar-refractivity contribution >= 4 is 0 Å². The second-order valence-electron chi connectivity index (χ2n) is 4.88. The Balaban J connectivity index is 2.33. The van der Waals surface area contributed by atoms with E-state index in [9.17, 15) is 0 Å². The highest BCUT2D eigenvalue weighted by Crippen LogP contribution is 2.35. The molecule has 0 radical (unpaired) electrons. The van der Waals surface area contributed by atoms with Gasteiger partial charge in [0.2, 0.25) is 0 Å². The minimum absolute atomic E-state index is 0.134. The zero-order chi connectivity index (χ0) is 15.2. The van der Waals surface area contributed by atoms with Crippen LogP contribution in [0.5, 0.6) is 11.5 Å². The molecule has 2 aromatic rings. The Bertz CT molecular complexity index is 581. The van der Waals surface area contributed by atoms with Gasteiger partial charge in [-0.1, -0.05) is 19.1 Å². The Morgan fingerprint density at radius 1 is 1.24 bits per heavy atom. The summed E-state index contributed by atoms with van der Waals surface area (Å²) in [5.41, 5.74) is 2.14. The molecule has 1 N–H and O–H groups in total. The van der Waals surface area contributed by atoms with E-state index in [1.54, 1.807) is 14.2 Å². The average molecular weight is 289 g/mol. The van der Waals surface area contributed by atoms with Crippen LogP contribution in [0.4, 0.5) is 0 Å². The van der Waals surface area contributed by atoms with Gasteiger partial charge in [-0.25, -0.2) is 0 Å². The van der Waals surface area contributed by atoms with Crippen molar-refractivity contribution in [3.8, 4) is 11.5 Å². The number of likely N-dealkylation sites (N-methyl/N-ethyl adjacent to an activating group) is 1. The average Bonchev–Trinajstić information content (AvgIpc) is 2.91. The maximum atomic E-state index is 5.55. The first kappa shape index (κ1) is 15.4. The molecule has 1 unspecified atom stereocenters. The van der Waals surface area contributed by atoms with E-state index < -0.39 is 0 Å². The van der Waals surface area contributed by atoms with Gasteiger partial charge in [-0.15, -0.1) is 0 Å². The maximum absolute atomic E-state index is 5.55. The Hall–Kier alpha value is -2.01. The fourth-order valence-corrected chi connectivity index (χ4v) is 2.51. The van der Waals surface area contributed by atoms with Gasteiger partial charge in [-0.3, -0.25) is 4.68 Å². The van der Waals surface area contributed by atoms with Crippen LogP contribution in [0.3, 0.4) is 0 Å². The third-order valence-corrected chi connectivity index (χ3v) is 3.44. The molecule has 21 heavy (non-hydrogen) atoms. The highest BCUT2D eigenvalue weighted by atomic mass is 16.5. The van der Waals surface area contributed by atoms with Crippen molar-refractivity contribution in [3.63, 3.8) is 0 Å². The molecule has 0 saturated carbocycles. The summed E-state index contributed by atoms with van der Waals surface area (Å²) in [5.74, 6) is 1.53. The van der Waals surface area contributed by atoms with Crippen molar-refractivity contribution in [1.82, 2.24) is 15.1 Å². The summed E-state index contributed by atoms with van der Waals surface area (Å²) in [6.45, 7) is 2.97. The molecule has 1 atom stereocenters. The molecule has 0 amide bonds. The van der Waals surface area contributed by atoms with E-state index in [-0.39, 0.29) is 6.04 Å². The summed E-state index contributed by atoms with van der Waals surface area (Å²) in [6.07, 6.45) is 2.76. The zero-order valence-electron chi connectivity index (χ0n) is 13.1. The second-order valence-corrected chi connectivity index (χ2v) is 4.88. The van der Waals surface area contributed by atoms with Crippen molar-refractivity contribution in [2.24, 2.45) is 7.05 Å². The quantitative estimate of drug-likeness (QED) is 0.850. The van der Waals surface area contributed by atoms with E-state index in [1.807, 2.05) is 36.1 Å². The lowest BCUT2D eigenvalue weighted by molar-refractivity contribution is 0.346. The van der Waals surface area contributed by atoms with Crippen LogP contribution in [0.1, 0.15) is 24.2 Å². The van der Waals surface area contributed by atoms with Crippen LogP contribution >= 0.6 is 0 Å². The van der Waals surface area contributed by atoms with Crippen molar-refractivity contribution < 1.29 is 9.47 Å². The van der Waals surface area contributed by atoms with Gasteiger partial charge in [0.15, 0.2) is 11.5 Å². The Labute approximate surface area is 125 Å². The van der Waals surface area contributed by atoms with Crippen molar-refractivity contribution in [3.05, 3.63) is 41.7 Å². The molecule has 114 valence electrons. The van der Waals surface area contributed by atoms with E-state index >= 15 is 0 Å². The minimum atomic E-state index is 0.134. The molecule has 5 nitrogen and oxygen atoms in total. The highest BCUT2D eigenvalue weighted by molar-refractivity contribution is 5.48. The van der Waals surface area contributed by atoms with Gasteiger partial charge in [-0.2, -0.15) is 5.10 Å². The third kappa shape index (κ3) is 3.55. The van der Waals surface area contributed by atoms with Crippen LogP contribution in [-0.2, 0) is 13.5 Å². The van der Waals surface area contributed by atoms with E-state index in [0.717, 1.165) is 35.7 Å². The first-order valence-electron chi connectivity index (χ1n) is 7.12. The number of aromatic nitrogens is 2. The van der Waals surface area contributed by atoms with Crippen LogP contribution in [0.2, 0.25) is 0 Å². The molecule has 0 spiro atoms. The first-order valence-corrected chi connectivity index (χ1v) is 7.12. The van der Waals surface area contributed by atoms with Crippen molar-refractivity contribution in [2.75, 3.05) is 20.8 Å². The Morgan fingerprint density at radius 3 is 2.62 bits per heavy atom. The van der Waals surface area contributed by atoms with E-state index in [0.29, 0.717) is 0 Å². The van der Waals surface area contributed by atoms with Gasteiger partial charge in [0, 0.05) is 31.3 Å². The van der Waals surface area contributed by atoms with Crippen LogP contribution in [-0.4, -0.2) is 30.5 Å². The molecule has 1 aromatic carbocycles. The van der Waals surface area contributed by atoms with Crippen LogP contribution in [0.15, 0.2) is 30.5 Å². The molecular formula is C16H23N3O2. The predicted octanol–water partition coefficient (Wildman–Crippen LogP) is 2.33. The molecule has 0 aliphatic heterocycles. The van der Waals surface area contributed by atoms with Crippen LogP contribution < -0.4 is 14.8 Å². The maximum Gasteiger partial charge on any atom is 0.165 e. The standard InChI is InChI=1S/C16H23N3O2/c1-5-17-14(11-12-9-10-19(2)18-12)13-7-6-8-15(20-3)16(13)21-4/h6-10,14,17H,5,11H2,1-4H3. The molecular weight excluding hydrogens is 266 g/mol. The van der Waals surface area contributed by atoms with Gasteiger partial charge < -0.3 is 14.8 Å². The van der Waals surface area contributed by atoms with Gasteiger partial charge in [0.25, 0.3) is 0 Å². The number of methoxy groups -OCH3 is 2. The molecule has 0 bridgehead atoms. The smallest absolute Gasteiger partial charge is 0.165 e. The van der Waals surface area contributed by atoms with Gasteiger partial charge in [-0.05, 0) is 18.7 Å². The summed E-state index contributed by atoms with van der Waals surface area (Å²) in [4.78, 5) is 0. The Kier molecular flexibility index (Phi) is 5.22. The fourth-order valence-electron chi connectivity index (χ4n) is 2.51. The van der Waals surface area contributed by atoms with Crippen LogP contribution in [0.25, 0.3) is 0 Å². The zero-order valence-corrected chi connectivity index (χ0v) is 13.1. The number of rotatable bonds is 7. The summed E-state index contributed by atoms with van der Waals surface area (Å²) in [7, 11) is 5.26. The topological polar surface area (TPSA) is 48.3 Å². The molecule has 1 heterocycles.